The lowest BCUT2D eigenvalue weighted by atomic mass is 9.74. The Morgan fingerprint density at radius 3 is 2.43 bits per heavy atom. The van der Waals surface area contributed by atoms with Crippen molar-refractivity contribution in [2.45, 2.75) is 19.3 Å². The lowest BCUT2D eigenvalue weighted by Gasteiger charge is -2.40. The highest BCUT2D eigenvalue weighted by molar-refractivity contribution is 6.12. The van der Waals surface area contributed by atoms with Crippen LogP contribution in [-0.2, 0) is 5.41 Å². The van der Waals surface area contributed by atoms with Crippen LogP contribution in [-0.4, -0.2) is 14.4 Å². The first-order valence-electron chi connectivity index (χ1n) is 15.8. The lowest BCUT2D eigenvalue weighted by molar-refractivity contribution is 0.483. The zero-order valence-corrected chi connectivity index (χ0v) is 25.8. The van der Waals surface area contributed by atoms with Crippen LogP contribution in [0.3, 0.4) is 0 Å². The zero-order chi connectivity index (χ0) is 31.3. The molecule has 47 heavy (non-hydrogen) atoms. The third-order valence-corrected chi connectivity index (χ3v) is 9.70. The summed E-state index contributed by atoms with van der Waals surface area (Å²) in [6.07, 6.45) is 5.72. The first-order chi connectivity index (χ1) is 23.1. The quantitative estimate of drug-likeness (QED) is 0.187. The number of hydrogen-bond acceptors (Lipinski definition) is 5. The minimum Gasteiger partial charge on any atom is -0.457 e. The number of rotatable bonds is 3. The van der Waals surface area contributed by atoms with Gasteiger partial charge >= 0.3 is 0 Å². The van der Waals surface area contributed by atoms with Crippen LogP contribution in [0.4, 0.5) is 17.2 Å². The summed E-state index contributed by atoms with van der Waals surface area (Å²) in [5.41, 5.74) is 7.78. The van der Waals surface area contributed by atoms with Gasteiger partial charge in [-0.05, 0) is 66.0 Å². The second kappa shape index (κ2) is 9.44. The van der Waals surface area contributed by atoms with Crippen LogP contribution in [0, 0.1) is 0 Å². The number of anilines is 3. The Hall–Kier alpha value is -6.14. The summed E-state index contributed by atoms with van der Waals surface area (Å²) < 4.78 is 15.3. The number of imidazole rings is 1. The molecule has 0 fully saturated rings. The molecule has 0 bridgehead atoms. The van der Waals surface area contributed by atoms with Gasteiger partial charge in [0.15, 0.2) is 0 Å². The number of benzene rings is 5. The maximum absolute atomic E-state index is 6.60. The van der Waals surface area contributed by atoms with Crippen LogP contribution in [0.15, 0.2) is 138 Å². The van der Waals surface area contributed by atoms with E-state index in [1.807, 2.05) is 55.0 Å². The van der Waals surface area contributed by atoms with Gasteiger partial charge in [0.2, 0.25) is 0 Å². The fourth-order valence-electron chi connectivity index (χ4n) is 7.58. The minimum absolute atomic E-state index is 0.343. The van der Waals surface area contributed by atoms with E-state index in [2.05, 4.69) is 102 Å². The molecule has 4 aromatic heterocycles. The predicted octanol–water partition coefficient (Wildman–Crippen LogP) is 10.8. The molecule has 0 amide bonds. The van der Waals surface area contributed by atoms with Crippen molar-refractivity contribution in [1.29, 1.82) is 0 Å². The molecule has 9 aromatic rings. The van der Waals surface area contributed by atoms with Gasteiger partial charge in [0.05, 0.1) is 16.9 Å². The van der Waals surface area contributed by atoms with Crippen LogP contribution < -0.4 is 9.64 Å². The summed E-state index contributed by atoms with van der Waals surface area (Å²) in [6.45, 7) is 4.52. The van der Waals surface area contributed by atoms with Crippen LogP contribution in [0.2, 0.25) is 0 Å². The maximum atomic E-state index is 6.60. The van der Waals surface area contributed by atoms with Gasteiger partial charge in [-0.15, -0.1) is 0 Å². The van der Waals surface area contributed by atoms with Gasteiger partial charge in [-0.1, -0.05) is 62.4 Å². The summed E-state index contributed by atoms with van der Waals surface area (Å²) in [5.74, 6) is 2.38. The van der Waals surface area contributed by atoms with E-state index >= 15 is 0 Å². The average molecular weight is 609 g/mol. The molecule has 0 spiro atoms. The van der Waals surface area contributed by atoms with Gasteiger partial charge in [0.25, 0.3) is 0 Å². The molecule has 224 valence electrons. The molecule has 0 aliphatic carbocycles. The Balaban J connectivity index is 1.12. The van der Waals surface area contributed by atoms with Gasteiger partial charge in [-0.25, -0.2) is 9.97 Å². The SMILES string of the molecule is CC1(C)c2cccnc2N(c2cccc(Oc3ccc4c5ccccc5n5ccnc5c4c3)c2)c2ccc3c(oc4ccccc43)c21. The molecule has 0 N–H and O–H groups in total. The Labute approximate surface area is 270 Å². The Morgan fingerprint density at radius 2 is 1.49 bits per heavy atom. The second-order valence-corrected chi connectivity index (χ2v) is 12.7. The average Bonchev–Trinajstić information content (AvgIpc) is 3.74. The lowest BCUT2D eigenvalue weighted by Crippen LogP contribution is -2.31. The van der Waals surface area contributed by atoms with E-state index in [9.17, 15) is 0 Å². The molecule has 6 nitrogen and oxygen atoms in total. The van der Waals surface area contributed by atoms with Gasteiger partial charge in [0, 0.05) is 62.7 Å². The summed E-state index contributed by atoms with van der Waals surface area (Å²) in [4.78, 5) is 11.9. The molecule has 5 heterocycles. The van der Waals surface area contributed by atoms with Crippen molar-refractivity contribution in [3.63, 3.8) is 0 Å². The van der Waals surface area contributed by atoms with Crippen LogP contribution in [0.25, 0.3) is 49.3 Å². The van der Waals surface area contributed by atoms with Gasteiger partial charge in [-0.2, -0.15) is 0 Å². The molecular formula is C41H28N4O2. The fourth-order valence-corrected chi connectivity index (χ4v) is 7.58. The van der Waals surface area contributed by atoms with Crippen molar-refractivity contribution < 1.29 is 9.15 Å². The molecule has 10 rings (SSSR count). The number of fused-ring (bicyclic) bond motifs is 12. The van der Waals surface area contributed by atoms with Crippen LogP contribution >= 0.6 is 0 Å². The third-order valence-electron chi connectivity index (χ3n) is 9.70. The number of ether oxygens (including phenoxy) is 1. The first-order valence-corrected chi connectivity index (χ1v) is 15.8. The summed E-state index contributed by atoms with van der Waals surface area (Å²) in [7, 11) is 0. The third kappa shape index (κ3) is 3.66. The van der Waals surface area contributed by atoms with Gasteiger partial charge < -0.3 is 9.15 Å². The molecule has 0 unspecified atom stereocenters. The smallest absolute Gasteiger partial charge is 0.145 e. The van der Waals surface area contributed by atoms with E-state index in [-0.39, 0.29) is 5.41 Å². The number of nitrogens with zero attached hydrogens (tertiary/aromatic N) is 4. The van der Waals surface area contributed by atoms with E-state index in [4.69, 9.17) is 19.1 Å². The molecule has 6 heteroatoms. The molecule has 0 atom stereocenters. The Kier molecular flexibility index (Phi) is 5.24. The molecule has 1 aliphatic rings. The highest BCUT2D eigenvalue weighted by atomic mass is 16.5. The van der Waals surface area contributed by atoms with Crippen molar-refractivity contribution >= 4 is 66.5 Å². The molecule has 1 aliphatic heterocycles. The van der Waals surface area contributed by atoms with Crippen molar-refractivity contribution in [2.75, 3.05) is 4.90 Å². The van der Waals surface area contributed by atoms with E-state index in [0.717, 1.165) is 83.7 Å². The molecule has 0 saturated carbocycles. The summed E-state index contributed by atoms with van der Waals surface area (Å²) in [5, 5.41) is 5.61. The summed E-state index contributed by atoms with van der Waals surface area (Å²) >= 11 is 0. The van der Waals surface area contributed by atoms with E-state index in [0.29, 0.717) is 0 Å². The van der Waals surface area contributed by atoms with Crippen molar-refractivity contribution in [2.24, 2.45) is 0 Å². The molecule has 5 aromatic carbocycles. The first kappa shape index (κ1) is 26.1. The molecule has 0 saturated heterocycles. The van der Waals surface area contributed by atoms with Crippen molar-refractivity contribution in [1.82, 2.24) is 14.4 Å². The minimum atomic E-state index is -0.343. The highest BCUT2D eigenvalue weighted by Crippen LogP contribution is 2.54. The number of furan rings is 1. The molecular weight excluding hydrogens is 580 g/mol. The Bertz CT molecular complexity index is 2720. The molecule has 0 radical (unpaired) electrons. The van der Waals surface area contributed by atoms with E-state index in [1.54, 1.807) is 0 Å². The zero-order valence-electron chi connectivity index (χ0n) is 25.8. The van der Waals surface area contributed by atoms with Crippen LogP contribution in [0.1, 0.15) is 25.0 Å². The fraction of sp³-hybridized carbons (Fsp3) is 0.0732. The normalized spacial score (nSPS) is 13.9. The summed E-state index contributed by atoms with van der Waals surface area (Å²) in [6, 6.07) is 39.7. The predicted molar refractivity (Wildman–Crippen MR) is 189 cm³/mol. The van der Waals surface area contributed by atoms with E-state index < -0.39 is 0 Å². The number of para-hydroxylation sites is 2. The number of hydrogen-bond donors (Lipinski definition) is 0. The van der Waals surface area contributed by atoms with Crippen LogP contribution in [0.5, 0.6) is 11.5 Å². The van der Waals surface area contributed by atoms with Crippen molar-refractivity contribution in [3.05, 3.63) is 145 Å². The monoisotopic (exact) mass is 608 g/mol. The second-order valence-electron chi connectivity index (χ2n) is 12.7. The standard InChI is InChI=1S/C41H28N4O2/c1-41(2)33-13-8-20-42-40(33)45(35-19-18-31-30-12-4-6-15-36(30)47-38(31)37(35)41)25-9-7-10-26(23-25)46-27-16-17-28-29-11-3-5-14-34(29)44-22-21-43-39(44)32(28)24-27/h3-24H,1-2H3. The topological polar surface area (TPSA) is 55.8 Å². The largest absolute Gasteiger partial charge is 0.457 e. The van der Waals surface area contributed by atoms with Crippen molar-refractivity contribution in [3.8, 4) is 11.5 Å². The number of aromatic nitrogens is 3. The van der Waals surface area contributed by atoms with Gasteiger partial charge in [0.1, 0.15) is 34.1 Å². The maximum Gasteiger partial charge on any atom is 0.145 e. The highest BCUT2D eigenvalue weighted by Gasteiger charge is 2.40. The Morgan fingerprint density at radius 1 is 0.660 bits per heavy atom. The van der Waals surface area contributed by atoms with Gasteiger partial charge in [-0.3, -0.25) is 9.30 Å². The number of pyridine rings is 2. The van der Waals surface area contributed by atoms with E-state index in [1.165, 1.54) is 5.39 Å².